The van der Waals surface area contributed by atoms with E-state index >= 15 is 0 Å². The number of nitrogens with zero attached hydrogens (tertiary/aromatic N) is 1. The average molecular weight is 432 g/mol. The van der Waals surface area contributed by atoms with E-state index in [1.54, 1.807) is 6.07 Å². The number of hydrogen-bond acceptors (Lipinski definition) is 5. The van der Waals surface area contributed by atoms with Crippen LogP contribution in [0, 0.1) is 5.82 Å². The first-order valence-corrected chi connectivity index (χ1v) is 11.3. The molecule has 2 aliphatic carbocycles. The van der Waals surface area contributed by atoms with Crippen molar-refractivity contribution in [2.75, 3.05) is 5.32 Å². The molecule has 6 nitrogen and oxygen atoms in total. The molecule has 3 N–H and O–H groups in total. The molecular weight excluding hydrogens is 405 g/mol. The standard InChI is InChI=1S/C22H26FN3O3S/c1-3-17(25-28)16-11-19(29-18(16)4-2)30-26-22(27)24-21-14-9-5-7-12(14)20(23)13-8-6-10-15(13)21/h11,28H,3-10H2,1-2H3,(H2,24,26,27)/b25-17+. The molecule has 0 atom stereocenters. The van der Waals surface area contributed by atoms with Gasteiger partial charge in [-0.05, 0) is 67.2 Å². The van der Waals surface area contributed by atoms with Crippen molar-refractivity contribution in [3.63, 3.8) is 0 Å². The van der Waals surface area contributed by atoms with Crippen molar-refractivity contribution in [2.24, 2.45) is 5.16 Å². The molecule has 30 heavy (non-hydrogen) atoms. The van der Waals surface area contributed by atoms with Crippen LogP contribution < -0.4 is 10.0 Å². The van der Waals surface area contributed by atoms with Gasteiger partial charge in [0, 0.05) is 35.7 Å². The summed E-state index contributed by atoms with van der Waals surface area (Å²) in [6, 6.07) is 1.41. The smallest absolute Gasteiger partial charge is 0.329 e. The Morgan fingerprint density at radius 2 is 1.80 bits per heavy atom. The number of fused-ring (bicyclic) bond motifs is 2. The van der Waals surface area contributed by atoms with Crippen LogP contribution in [0.25, 0.3) is 0 Å². The summed E-state index contributed by atoms with van der Waals surface area (Å²) in [4.78, 5) is 12.6. The lowest BCUT2D eigenvalue weighted by atomic mass is 9.98. The molecule has 2 aliphatic rings. The minimum atomic E-state index is -0.364. The third-order valence-electron chi connectivity index (χ3n) is 5.93. The highest BCUT2D eigenvalue weighted by molar-refractivity contribution is 7.97. The van der Waals surface area contributed by atoms with Gasteiger partial charge in [-0.15, -0.1) is 0 Å². The number of aryl methyl sites for hydroxylation is 1. The number of anilines is 1. The number of rotatable bonds is 6. The van der Waals surface area contributed by atoms with Gasteiger partial charge in [0.05, 0.1) is 5.71 Å². The minimum absolute atomic E-state index is 0.0529. The maximum atomic E-state index is 14.8. The second kappa shape index (κ2) is 8.71. The zero-order valence-corrected chi connectivity index (χ0v) is 18.0. The predicted octanol–water partition coefficient (Wildman–Crippen LogP) is 5.38. The Kier molecular flexibility index (Phi) is 6.04. The summed E-state index contributed by atoms with van der Waals surface area (Å²) in [6.07, 6.45) is 6.12. The molecule has 4 rings (SSSR count). The summed E-state index contributed by atoms with van der Waals surface area (Å²) < 4.78 is 23.3. The van der Waals surface area contributed by atoms with Crippen LogP contribution in [0.4, 0.5) is 14.9 Å². The van der Waals surface area contributed by atoms with Crippen LogP contribution in [0.5, 0.6) is 0 Å². The molecule has 0 fully saturated rings. The van der Waals surface area contributed by atoms with Gasteiger partial charge in [-0.2, -0.15) is 0 Å². The minimum Gasteiger partial charge on any atom is -0.452 e. The number of nitrogens with one attached hydrogen (secondary N) is 2. The quantitative estimate of drug-likeness (QED) is 0.248. The molecule has 1 heterocycles. The fourth-order valence-electron chi connectivity index (χ4n) is 4.55. The van der Waals surface area contributed by atoms with E-state index in [4.69, 9.17) is 4.42 Å². The molecule has 8 heteroatoms. The van der Waals surface area contributed by atoms with E-state index in [-0.39, 0.29) is 11.8 Å². The van der Waals surface area contributed by atoms with Crippen molar-refractivity contribution < 1.29 is 18.8 Å². The van der Waals surface area contributed by atoms with Gasteiger partial charge in [-0.3, -0.25) is 4.72 Å². The summed E-state index contributed by atoms with van der Waals surface area (Å²) in [6.45, 7) is 3.86. The Labute approximate surface area is 179 Å². The Balaban J connectivity index is 1.50. The lowest BCUT2D eigenvalue weighted by Crippen LogP contribution is -2.24. The topological polar surface area (TPSA) is 86.9 Å². The van der Waals surface area contributed by atoms with Crippen molar-refractivity contribution in [3.05, 3.63) is 45.5 Å². The number of benzene rings is 1. The first-order valence-electron chi connectivity index (χ1n) is 10.5. The molecule has 160 valence electrons. The van der Waals surface area contributed by atoms with Crippen LogP contribution in [0.1, 0.15) is 66.7 Å². The molecule has 2 aromatic rings. The normalized spacial score (nSPS) is 15.2. The fraction of sp³-hybridized carbons (Fsp3) is 0.455. The Morgan fingerprint density at radius 3 is 2.37 bits per heavy atom. The number of halogens is 1. The molecule has 1 aromatic heterocycles. The van der Waals surface area contributed by atoms with Crippen molar-refractivity contribution in [3.8, 4) is 0 Å². The van der Waals surface area contributed by atoms with E-state index in [0.29, 0.717) is 29.4 Å². The number of hydrogen-bond donors (Lipinski definition) is 3. The van der Waals surface area contributed by atoms with Gasteiger partial charge in [0.1, 0.15) is 11.6 Å². The van der Waals surface area contributed by atoms with Crippen molar-refractivity contribution in [2.45, 2.75) is 70.3 Å². The third-order valence-corrected chi connectivity index (χ3v) is 6.62. The average Bonchev–Trinajstić information content (AvgIpc) is 3.50. The number of urea groups is 1. The first-order chi connectivity index (χ1) is 14.6. The third kappa shape index (κ3) is 3.69. The van der Waals surface area contributed by atoms with Gasteiger partial charge in [-0.1, -0.05) is 19.0 Å². The molecule has 0 saturated carbocycles. The summed E-state index contributed by atoms with van der Waals surface area (Å²) >= 11 is 1.07. The molecule has 0 bridgehead atoms. The van der Waals surface area contributed by atoms with E-state index in [0.717, 1.165) is 84.0 Å². The number of carbonyl (C=O) groups excluding carboxylic acids is 1. The number of furan rings is 1. The molecule has 0 aliphatic heterocycles. The maximum absolute atomic E-state index is 14.8. The number of carbonyl (C=O) groups is 1. The Bertz CT molecular complexity index is 981. The van der Waals surface area contributed by atoms with Gasteiger partial charge in [-0.25, -0.2) is 9.18 Å². The van der Waals surface area contributed by atoms with E-state index < -0.39 is 0 Å². The molecule has 0 unspecified atom stereocenters. The maximum Gasteiger partial charge on any atom is 0.329 e. The van der Waals surface area contributed by atoms with Gasteiger partial charge in [0.2, 0.25) is 0 Å². The highest BCUT2D eigenvalue weighted by atomic mass is 32.2. The zero-order chi connectivity index (χ0) is 21.3. The first kappa shape index (κ1) is 20.8. The van der Waals surface area contributed by atoms with Gasteiger partial charge < -0.3 is 14.9 Å². The van der Waals surface area contributed by atoms with E-state index in [2.05, 4.69) is 15.2 Å². The molecule has 2 amide bonds. The van der Waals surface area contributed by atoms with Crippen molar-refractivity contribution >= 4 is 29.4 Å². The zero-order valence-electron chi connectivity index (χ0n) is 17.2. The second-order valence-electron chi connectivity index (χ2n) is 7.62. The van der Waals surface area contributed by atoms with E-state index in [9.17, 15) is 14.4 Å². The van der Waals surface area contributed by atoms with Crippen LogP contribution in [0.15, 0.2) is 20.7 Å². The lowest BCUT2D eigenvalue weighted by molar-refractivity contribution is 0.257. The van der Waals surface area contributed by atoms with Gasteiger partial charge in [0.15, 0.2) is 5.09 Å². The predicted molar refractivity (Wildman–Crippen MR) is 115 cm³/mol. The SMILES string of the molecule is CC/C(=N\O)c1cc(SNC(=O)Nc2c3c(c(F)c4c2CCC4)CCC3)oc1CC. The Morgan fingerprint density at radius 1 is 1.17 bits per heavy atom. The number of oxime groups is 1. The van der Waals surface area contributed by atoms with Crippen LogP contribution in [-0.2, 0) is 32.1 Å². The summed E-state index contributed by atoms with van der Waals surface area (Å²) in [5, 5.41) is 16.0. The van der Waals surface area contributed by atoms with Crippen LogP contribution >= 0.6 is 11.9 Å². The highest BCUT2D eigenvalue weighted by Gasteiger charge is 2.29. The van der Waals surface area contributed by atoms with Crippen LogP contribution in [0.3, 0.4) is 0 Å². The molecule has 0 radical (unpaired) electrons. The number of amides is 2. The molecule has 0 saturated heterocycles. The van der Waals surface area contributed by atoms with E-state index in [1.165, 1.54) is 0 Å². The molecular formula is C22H26FN3O3S. The largest absolute Gasteiger partial charge is 0.452 e. The summed E-state index contributed by atoms with van der Waals surface area (Å²) in [5.74, 6) is 0.659. The molecule has 0 spiro atoms. The summed E-state index contributed by atoms with van der Waals surface area (Å²) in [5.41, 5.74) is 5.55. The monoisotopic (exact) mass is 431 g/mol. The lowest BCUT2D eigenvalue weighted by Gasteiger charge is -2.17. The Hall–Kier alpha value is -2.48. The highest BCUT2D eigenvalue weighted by Crippen LogP contribution is 2.41. The molecule has 1 aromatic carbocycles. The van der Waals surface area contributed by atoms with Gasteiger partial charge in [0.25, 0.3) is 0 Å². The van der Waals surface area contributed by atoms with Crippen molar-refractivity contribution in [1.82, 2.24) is 4.72 Å². The van der Waals surface area contributed by atoms with Gasteiger partial charge >= 0.3 is 6.03 Å². The fourth-order valence-corrected chi connectivity index (χ4v) is 5.11. The van der Waals surface area contributed by atoms with E-state index in [1.807, 2.05) is 13.8 Å². The summed E-state index contributed by atoms with van der Waals surface area (Å²) in [7, 11) is 0. The van der Waals surface area contributed by atoms with Crippen molar-refractivity contribution in [1.29, 1.82) is 0 Å². The second-order valence-corrected chi connectivity index (χ2v) is 8.44. The van der Waals surface area contributed by atoms with Crippen LogP contribution in [-0.4, -0.2) is 17.0 Å². The van der Waals surface area contributed by atoms with Crippen LogP contribution in [0.2, 0.25) is 0 Å².